The molecule has 7 nitrogen and oxygen atoms in total. The van der Waals surface area contributed by atoms with Gasteiger partial charge in [0, 0.05) is 31.8 Å². The molecular weight excluding hydrogens is 428 g/mol. The van der Waals surface area contributed by atoms with Gasteiger partial charge in [-0.1, -0.05) is 42.5 Å². The Balaban J connectivity index is 1.19. The van der Waals surface area contributed by atoms with E-state index in [2.05, 4.69) is 17.1 Å². The van der Waals surface area contributed by atoms with E-state index in [0.717, 1.165) is 41.8 Å². The summed E-state index contributed by atoms with van der Waals surface area (Å²) in [6.07, 6.45) is 5.59. The van der Waals surface area contributed by atoms with Crippen LogP contribution in [0.1, 0.15) is 41.1 Å². The number of primary amides is 1. The topological polar surface area (TPSA) is 88.8 Å². The molecule has 1 saturated heterocycles. The van der Waals surface area contributed by atoms with E-state index in [0.29, 0.717) is 19.5 Å². The SMILES string of the molecule is NC(=O)N1Cc2cnccc2C1c1ccc(OC2CCN(C(=O)CCc3ccccc3)C2)cc1. The largest absolute Gasteiger partial charge is 0.489 e. The van der Waals surface area contributed by atoms with Gasteiger partial charge in [0.2, 0.25) is 5.91 Å². The molecule has 0 radical (unpaired) electrons. The number of hydrogen-bond donors (Lipinski definition) is 1. The lowest BCUT2D eigenvalue weighted by Gasteiger charge is -2.24. The molecule has 0 spiro atoms. The fourth-order valence-corrected chi connectivity index (χ4v) is 4.87. The summed E-state index contributed by atoms with van der Waals surface area (Å²) in [4.78, 5) is 32.4. The molecular formula is C27H28N4O3. The van der Waals surface area contributed by atoms with Crippen molar-refractivity contribution in [2.24, 2.45) is 5.73 Å². The molecule has 2 atom stereocenters. The van der Waals surface area contributed by atoms with Crippen molar-refractivity contribution in [2.75, 3.05) is 13.1 Å². The van der Waals surface area contributed by atoms with E-state index in [1.54, 1.807) is 17.3 Å². The maximum atomic E-state index is 12.6. The van der Waals surface area contributed by atoms with Crippen molar-refractivity contribution in [3.05, 3.63) is 95.3 Å². The number of rotatable bonds is 6. The van der Waals surface area contributed by atoms with Gasteiger partial charge < -0.3 is 20.3 Å². The van der Waals surface area contributed by atoms with Crippen molar-refractivity contribution in [2.45, 2.75) is 38.0 Å². The van der Waals surface area contributed by atoms with Crippen LogP contribution in [0.2, 0.25) is 0 Å². The van der Waals surface area contributed by atoms with Crippen LogP contribution in [-0.2, 0) is 17.8 Å². The van der Waals surface area contributed by atoms with Crippen LogP contribution in [0.3, 0.4) is 0 Å². The van der Waals surface area contributed by atoms with Crippen molar-refractivity contribution in [3.8, 4) is 5.75 Å². The molecule has 1 aromatic heterocycles. The third kappa shape index (κ3) is 4.59. The number of hydrogen-bond acceptors (Lipinski definition) is 4. The first-order valence-electron chi connectivity index (χ1n) is 11.7. The number of nitrogens with zero attached hydrogens (tertiary/aromatic N) is 3. The fraction of sp³-hybridized carbons (Fsp3) is 0.296. The van der Waals surface area contributed by atoms with Crippen molar-refractivity contribution in [3.63, 3.8) is 0 Å². The van der Waals surface area contributed by atoms with Crippen LogP contribution < -0.4 is 10.5 Å². The highest BCUT2D eigenvalue weighted by Gasteiger charge is 2.34. The van der Waals surface area contributed by atoms with Gasteiger partial charge in [0.15, 0.2) is 0 Å². The first kappa shape index (κ1) is 21.9. The first-order valence-corrected chi connectivity index (χ1v) is 11.7. The number of amides is 3. The Bertz CT molecular complexity index is 1170. The second kappa shape index (κ2) is 9.55. The number of benzene rings is 2. The van der Waals surface area contributed by atoms with E-state index >= 15 is 0 Å². The van der Waals surface area contributed by atoms with E-state index in [4.69, 9.17) is 10.5 Å². The van der Waals surface area contributed by atoms with Crippen molar-refractivity contribution in [1.29, 1.82) is 0 Å². The number of carbonyl (C=O) groups excluding carboxylic acids is 2. The van der Waals surface area contributed by atoms with Gasteiger partial charge in [-0.25, -0.2) is 4.79 Å². The van der Waals surface area contributed by atoms with Gasteiger partial charge in [-0.3, -0.25) is 9.78 Å². The molecule has 5 rings (SSSR count). The Kier molecular flexibility index (Phi) is 6.16. The van der Waals surface area contributed by atoms with Crippen molar-refractivity contribution in [1.82, 2.24) is 14.8 Å². The molecule has 0 saturated carbocycles. The minimum absolute atomic E-state index is 0.0214. The summed E-state index contributed by atoms with van der Waals surface area (Å²) >= 11 is 0. The van der Waals surface area contributed by atoms with Crippen molar-refractivity contribution < 1.29 is 14.3 Å². The highest BCUT2D eigenvalue weighted by molar-refractivity contribution is 5.77. The predicted octanol–water partition coefficient (Wildman–Crippen LogP) is 3.68. The van der Waals surface area contributed by atoms with Crippen LogP contribution >= 0.6 is 0 Å². The van der Waals surface area contributed by atoms with Gasteiger partial charge in [-0.05, 0) is 46.9 Å². The molecule has 3 aromatic rings. The van der Waals surface area contributed by atoms with Crippen LogP contribution in [0.5, 0.6) is 5.75 Å². The summed E-state index contributed by atoms with van der Waals surface area (Å²) in [5.41, 5.74) is 9.85. The number of ether oxygens (including phenoxy) is 1. The van der Waals surface area contributed by atoms with E-state index in [9.17, 15) is 9.59 Å². The summed E-state index contributed by atoms with van der Waals surface area (Å²) in [6.45, 7) is 1.78. The van der Waals surface area contributed by atoms with Gasteiger partial charge in [-0.15, -0.1) is 0 Å². The Morgan fingerprint density at radius 2 is 1.85 bits per heavy atom. The minimum atomic E-state index is -0.454. The molecule has 2 aromatic carbocycles. The van der Waals surface area contributed by atoms with Crippen molar-refractivity contribution >= 4 is 11.9 Å². The van der Waals surface area contributed by atoms with E-state index < -0.39 is 6.03 Å². The Labute approximate surface area is 199 Å². The summed E-state index contributed by atoms with van der Waals surface area (Å²) in [6, 6.07) is 19.1. The Morgan fingerprint density at radius 3 is 2.62 bits per heavy atom. The number of likely N-dealkylation sites (tertiary alicyclic amines) is 1. The fourth-order valence-electron chi connectivity index (χ4n) is 4.87. The zero-order valence-electron chi connectivity index (χ0n) is 19.0. The van der Waals surface area contributed by atoms with Gasteiger partial charge in [0.05, 0.1) is 19.1 Å². The van der Waals surface area contributed by atoms with Crippen LogP contribution in [0.25, 0.3) is 0 Å². The maximum absolute atomic E-state index is 12.6. The molecule has 2 aliphatic rings. The number of fused-ring (bicyclic) bond motifs is 1. The standard InChI is InChI=1S/C27H28N4O3/c28-27(33)31-17-21-16-29-14-12-24(21)26(31)20-7-9-22(10-8-20)34-23-13-15-30(18-23)25(32)11-6-19-4-2-1-3-5-19/h1-5,7-10,12,14,16,23,26H,6,11,13,15,17-18H2,(H2,28,33). The van der Waals surface area contributed by atoms with Gasteiger partial charge >= 0.3 is 6.03 Å². The lowest BCUT2D eigenvalue weighted by Crippen LogP contribution is -2.34. The molecule has 174 valence electrons. The normalized spacial score (nSPS) is 19.2. The van der Waals surface area contributed by atoms with E-state index in [-0.39, 0.29) is 18.1 Å². The summed E-state index contributed by atoms with van der Waals surface area (Å²) in [7, 11) is 0. The number of pyridine rings is 1. The van der Waals surface area contributed by atoms with E-state index in [1.165, 1.54) is 5.56 Å². The number of aromatic nitrogens is 1. The van der Waals surface area contributed by atoms with Crippen LogP contribution in [-0.4, -0.2) is 45.9 Å². The molecule has 2 aliphatic heterocycles. The average molecular weight is 457 g/mol. The van der Waals surface area contributed by atoms with Gasteiger partial charge in [0.1, 0.15) is 11.9 Å². The minimum Gasteiger partial charge on any atom is -0.489 e. The molecule has 2 N–H and O–H groups in total. The highest BCUT2D eigenvalue weighted by atomic mass is 16.5. The number of carbonyl (C=O) groups is 2. The zero-order valence-corrected chi connectivity index (χ0v) is 19.0. The molecule has 3 amide bonds. The third-order valence-electron chi connectivity index (χ3n) is 6.64. The van der Waals surface area contributed by atoms with Gasteiger partial charge in [0.25, 0.3) is 0 Å². The molecule has 0 bridgehead atoms. The Hall–Kier alpha value is -3.87. The molecule has 34 heavy (non-hydrogen) atoms. The predicted molar refractivity (Wildman–Crippen MR) is 128 cm³/mol. The number of aryl methyl sites for hydroxylation is 1. The molecule has 1 fully saturated rings. The molecule has 7 heteroatoms. The number of nitrogens with two attached hydrogens (primary N) is 1. The average Bonchev–Trinajstić information content (AvgIpc) is 3.49. The monoisotopic (exact) mass is 456 g/mol. The lowest BCUT2D eigenvalue weighted by atomic mass is 9.99. The highest BCUT2D eigenvalue weighted by Crippen LogP contribution is 2.38. The smallest absolute Gasteiger partial charge is 0.315 e. The van der Waals surface area contributed by atoms with Crippen LogP contribution in [0.15, 0.2) is 73.1 Å². The summed E-state index contributed by atoms with van der Waals surface area (Å²) < 4.78 is 6.17. The van der Waals surface area contributed by atoms with Crippen LogP contribution in [0, 0.1) is 0 Å². The second-order valence-electron chi connectivity index (χ2n) is 8.87. The number of urea groups is 1. The summed E-state index contributed by atoms with van der Waals surface area (Å²) in [5.74, 6) is 0.928. The lowest BCUT2D eigenvalue weighted by molar-refractivity contribution is -0.130. The van der Waals surface area contributed by atoms with Crippen LogP contribution in [0.4, 0.5) is 4.79 Å². The zero-order chi connectivity index (χ0) is 23.5. The summed E-state index contributed by atoms with van der Waals surface area (Å²) in [5, 5.41) is 0. The first-order chi connectivity index (χ1) is 16.6. The second-order valence-corrected chi connectivity index (χ2v) is 8.87. The van der Waals surface area contributed by atoms with Gasteiger partial charge in [-0.2, -0.15) is 0 Å². The quantitative estimate of drug-likeness (QED) is 0.613. The third-order valence-corrected chi connectivity index (χ3v) is 6.64. The maximum Gasteiger partial charge on any atom is 0.315 e. The van der Waals surface area contributed by atoms with E-state index in [1.807, 2.05) is 53.4 Å². The molecule has 2 unspecified atom stereocenters. The molecule has 3 heterocycles. The Morgan fingerprint density at radius 1 is 1.06 bits per heavy atom. The molecule has 0 aliphatic carbocycles.